The minimum Gasteiger partial charge on any atom is -0.212 e. The third-order valence-corrected chi connectivity index (χ3v) is 4.24. The Balaban J connectivity index is 1.78. The number of hydrogen-bond donors (Lipinski definition) is 0. The van der Waals surface area contributed by atoms with Crippen molar-refractivity contribution in [3.63, 3.8) is 0 Å². The van der Waals surface area contributed by atoms with Gasteiger partial charge in [0.2, 0.25) is 0 Å². The van der Waals surface area contributed by atoms with Crippen LogP contribution in [-0.4, -0.2) is 0 Å². The van der Waals surface area contributed by atoms with Gasteiger partial charge in [-0.1, -0.05) is 31.9 Å². The van der Waals surface area contributed by atoms with Crippen LogP contribution in [0.4, 0.5) is 8.78 Å². The van der Waals surface area contributed by atoms with Crippen LogP contribution in [-0.2, 0) is 0 Å². The Bertz CT molecular complexity index is 384. The summed E-state index contributed by atoms with van der Waals surface area (Å²) in [5.74, 6) is 0.906. The molecule has 0 radical (unpaired) electrons. The zero-order valence-corrected chi connectivity index (χ0v) is 11.8. The van der Waals surface area contributed by atoms with Crippen LogP contribution in [0.2, 0.25) is 0 Å². The highest BCUT2D eigenvalue weighted by atomic mass is 19.1. The standard InChI is InChI=1S/C17H24F2/c1-13(6-8-14-4-2-3-5-14)7-9-15-12-16(18)10-11-17(15)19/h6,8,12-14H,2-5,7,9-11H2,1H3/b8-6+. The molecule has 1 saturated carbocycles. The number of allylic oxidation sites excluding steroid dienone is 6. The van der Waals surface area contributed by atoms with Crippen molar-refractivity contribution in [3.8, 4) is 0 Å². The van der Waals surface area contributed by atoms with Crippen molar-refractivity contribution in [2.75, 3.05) is 0 Å². The fraction of sp³-hybridized carbons (Fsp3) is 0.647. The zero-order chi connectivity index (χ0) is 13.7. The minimum absolute atomic E-state index is 0.117. The van der Waals surface area contributed by atoms with Crippen molar-refractivity contribution < 1.29 is 8.78 Å². The number of halogens is 2. The molecule has 0 amide bonds. The normalized spacial score (nSPS) is 23.2. The molecule has 1 fully saturated rings. The zero-order valence-electron chi connectivity index (χ0n) is 11.8. The third kappa shape index (κ3) is 4.59. The molecule has 0 spiro atoms. The van der Waals surface area contributed by atoms with Crippen LogP contribution in [0.3, 0.4) is 0 Å². The lowest BCUT2D eigenvalue weighted by atomic mass is 9.95. The maximum absolute atomic E-state index is 13.6. The summed E-state index contributed by atoms with van der Waals surface area (Å²) >= 11 is 0. The maximum atomic E-state index is 13.6. The van der Waals surface area contributed by atoms with Crippen molar-refractivity contribution in [3.05, 3.63) is 35.5 Å². The summed E-state index contributed by atoms with van der Waals surface area (Å²) in [5.41, 5.74) is 0.574. The van der Waals surface area contributed by atoms with Crippen LogP contribution in [0.5, 0.6) is 0 Å². The van der Waals surface area contributed by atoms with E-state index < -0.39 is 0 Å². The van der Waals surface area contributed by atoms with E-state index >= 15 is 0 Å². The summed E-state index contributed by atoms with van der Waals surface area (Å²) in [6, 6.07) is 0. The highest BCUT2D eigenvalue weighted by Crippen LogP contribution is 2.30. The van der Waals surface area contributed by atoms with Crippen molar-refractivity contribution in [1.82, 2.24) is 0 Å². The van der Waals surface area contributed by atoms with Gasteiger partial charge in [0.1, 0.15) is 11.7 Å². The van der Waals surface area contributed by atoms with Gasteiger partial charge < -0.3 is 0 Å². The summed E-state index contributed by atoms with van der Waals surface area (Å²) < 4.78 is 26.7. The second-order valence-electron chi connectivity index (χ2n) is 5.97. The van der Waals surface area contributed by atoms with Crippen LogP contribution in [0.15, 0.2) is 35.5 Å². The first-order chi connectivity index (χ1) is 9.15. The van der Waals surface area contributed by atoms with E-state index in [1.54, 1.807) is 0 Å². The Morgan fingerprint density at radius 1 is 1.26 bits per heavy atom. The van der Waals surface area contributed by atoms with Gasteiger partial charge in [0.15, 0.2) is 0 Å². The first-order valence-corrected chi connectivity index (χ1v) is 7.57. The molecule has 0 heterocycles. The minimum atomic E-state index is -0.175. The van der Waals surface area contributed by atoms with Gasteiger partial charge in [0, 0.05) is 12.8 Å². The topological polar surface area (TPSA) is 0 Å². The first-order valence-electron chi connectivity index (χ1n) is 7.57. The van der Waals surface area contributed by atoms with Gasteiger partial charge in [-0.25, -0.2) is 8.78 Å². The van der Waals surface area contributed by atoms with E-state index in [0.717, 1.165) is 12.3 Å². The maximum Gasteiger partial charge on any atom is 0.104 e. The summed E-state index contributed by atoms with van der Waals surface area (Å²) in [4.78, 5) is 0. The summed E-state index contributed by atoms with van der Waals surface area (Å²) in [6.45, 7) is 2.16. The molecular formula is C17H24F2. The second-order valence-corrected chi connectivity index (χ2v) is 5.97. The van der Waals surface area contributed by atoms with Crippen LogP contribution >= 0.6 is 0 Å². The fourth-order valence-electron chi connectivity index (χ4n) is 2.91. The molecule has 0 saturated heterocycles. The van der Waals surface area contributed by atoms with Crippen molar-refractivity contribution in [2.45, 2.75) is 58.3 Å². The molecule has 2 aliphatic rings. The Morgan fingerprint density at radius 3 is 2.74 bits per heavy atom. The third-order valence-electron chi connectivity index (χ3n) is 4.24. The van der Waals surface area contributed by atoms with Crippen LogP contribution in [0, 0.1) is 11.8 Å². The molecule has 0 nitrogen and oxygen atoms in total. The molecule has 2 rings (SSSR count). The second kappa shape index (κ2) is 7.02. The van der Waals surface area contributed by atoms with Crippen molar-refractivity contribution in [1.29, 1.82) is 0 Å². The Kier molecular flexibility index (Phi) is 5.35. The average molecular weight is 266 g/mol. The number of rotatable bonds is 5. The van der Waals surface area contributed by atoms with E-state index in [0.29, 0.717) is 17.9 Å². The molecule has 19 heavy (non-hydrogen) atoms. The molecule has 0 aromatic heterocycles. The molecule has 106 valence electrons. The van der Waals surface area contributed by atoms with E-state index in [-0.39, 0.29) is 24.5 Å². The molecule has 0 aliphatic heterocycles. The predicted molar refractivity (Wildman–Crippen MR) is 76.1 cm³/mol. The summed E-state index contributed by atoms with van der Waals surface area (Å²) in [7, 11) is 0. The van der Waals surface area contributed by atoms with E-state index in [1.807, 2.05) is 0 Å². The molecule has 0 bridgehead atoms. The van der Waals surface area contributed by atoms with E-state index in [4.69, 9.17) is 0 Å². The van der Waals surface area contributed by atoms with Gasteiger partial charge in [-0.05, 0) is 49.2 Å². The van der Waals surface area contributed by atoms with Crippen molar-refractivity contribution >= 4 is 0 Å². The molecule has 1 atom stereocenters. The molecule has 2 heteroatoms. The van der Waals surface area contributed by atoms with E-state index in [9.17, 15) is 8.78 Å². The van der Waals surface area contributed by atoms with Crippen LogP contribution < -0.4 is 0 Å². The van der Waals surface area contributed by atoms with Gasteiger partial charge in [0.05, 0.1) is 0 Å². The van der Waals surface area contributed by atoms with Gasteiger partial charge in [-0.15, -0.1) is 0 Å². The Hall–Kier alpha value is -0.920. The molecule has 1 unspecified atom stereocenters. The monoisotopic (exact) mass is 266 g/mol. The smallest absolute Gasteiger partial charge is 0.104 e. The molecule has 0 aromatic carbocycles. The fourth-order valence-corrected chi connectivity index (χ4v) is 2.91. The largest absolute Gasteiger partial charge is 0.212 e. The Labute approximate surface area is 115 Å². The lowest BCUT2D eigenvalue weighted by Crippen LogP contribution is -1.98. The van der Waals surface area contributed by atoms with Gasteiger partial charge in [0.25, 0.3) is 0 Å². The molecule has 2 aliphatic carbocycles. The highest BCUT2D eigenvalue weighted by Gasteiger charge is 2.14. The van der Waals surface area contributed by atoms with Gasteiger partial charge in [-0.3, -0.25) is 0 Å². The van der Waals surface area contributed by atoms with E-state index in [1.165, 1.54) is 31.8 Å². The molecular weight excluding hydrogens is 242 g/mol. The quantitative estimate of drug-likeness (QED) is 0.534. The van der Waals surface area contributed by atoms with Gasteiger partial charge >= 0.3 is 0 Å². The first kappa shape index (κ1) is 14.5. The molecule has 0 N–H and O–H groups in total. The average Bonchev–Trinajstić information content (AvgIpc) is 2.90. The summed E-state index contributed by atoms with van der Waals surface area (Å²) in [6.07, 6.45) is 13.3. The van der Waals surface area contributed by atoms with Crippen molar-refractivity contribution in [2.24, 2.45) is 11.8 Å². The highest BCUT2D eigenvalue weighted by molar-refractivity contribution is 5.28. The summed E-state index contributed by atoms with van der Waals surface area (Å²) in [5, 5.41) is 0. The lowest BCUT2D eigenvalue weighted by molar-refractivity contribution is 0.506. The van der Waals surface area contributed by atoms with Crippen LogP contribution in [0.25, 0.3) is 0 Å². The van der Waals surface area contributed by atoms with E-state index in [2.05, 4.69) is 19.1 Å². The SMILES string of the molecule is CC(/C=C/C1CCCC1)CCC1=C(F)CCC(F)=C1. The predicted octanol–water partition coefficient (Wildman–Crippen LogP) is 6.02. The Morgan fingerprint density at radius 2 is 2.00 bits per heavy atom. The lowest BCUT2D eigenvalue weighted by Gasteiger charge is -2.13. The van der Waals surface area contributed by atoms with Gasteiger partial charge in [-0.2, -0.15) is 0 Å². The number of hydrogen-bond acceptors (Lipinski definition) is 0. The molecule has 0 aromatic rings. The van der Waals surface area contributed by atoms with Crippen LogP contribution in [0.1, 0.15) is 58.3 Å².